The number of rotatable bonds is 7. The predicted octanol–water partition coefficient (Wildman–Crippen LogP) is 1.62. The molecule has 2 aromatic heterocycles. The number of aliphatic imine (C=N–C) groups is 1. The highest BCUT2D eigenvalue weighted by molar-refractivity contribution is 5.79. The van der Waals surface area contributed by atoms with Gasteiger partial charge in [-0.3, -0.25) is 9.39 Å². The number of pyridine rings is 1. The van der Waals surface area contributed by atoms with Gasteiger partial charge in [-0.25, -0.2) is 0 Å². The van der Waals surface area contributed by atoms with E-state index in [-0.39, 0.29) is 0 Å². The Morgan fingerprint density at radius 3 is 2.36 bits per heavy atom. The molecule has 9 heteroatoms. The van der Waals surface area contributed by atoms with E-state index in [1.54, 1.807) is 28.4 Å². The van der Waals surface area contributed by atoms with Gasteiger partial charge in [0.1, 0.15) is 0 Å². The number of methoxy groups -OCH3 is 3. The largest absolute Gasteiger partial charge is 0.493 e. The van der Waals surface area contributed by atoms with Crippen molar-refractivity contribution in [2.75, 3.05) is 28.4 Å². The fraction of sp³-hybridized carbons (Fsp3) is 0.316. The Balaban J connectivity index is 1.66. The van der Waals surface area contributed by atoms with E-state index in [1.807, 2.05) is 40.9 Å². The summed E-state index contributed by atoms with van der Waals surface area (Å²) in [5.74, 6) is 3.22. The quantitative estimate of drug-likeness (QED) is 0.472. The molecular formula is C19H24N6O3. The van der Waals surface area contributed by atoms with Crippen molar-refractivity contribution in [3.63, 3.8) is 0 Å². The van der Waals surface area contributed by atoms with Crippen molar-refractivity contribution in [3.8, 4) is 17.2 Å². The van der Waals surface area contributed by atoms with Gasteiger partial charge in [0.15, 0.2) is 28.9 Å². The van der Waals surface area contributed by atoms with Crippen LogP contribution in [0.2, 0.25) is 0 Å². The Morgan fingerprint density at radius 1 is 1.00 bits per heavy atom. The summed E-state index contributed by atoms with van der Waals surface area (Å²) in [4.78, 5) is 4.25. The Hall–Kier alpha value is -3.49. The van der Waals surface area contributed by atoms with Crippen LogP contribution in [-0.4, -0.2) is 48.9 Å². The number of fused-ring (bicyclic) bond motifs is 1. The lowest BCUT2D eigenvalue weighted by Crippen LogP contribution is -2.36. The molecule has 0 spiro atoms. The molecule has 2 N–H and O–H groups in total. The fourth-order valence-corrected chi connectivity index (χ4v) is 2.82. The Kier molecular flexibility index (Phi) is 6.15. The van der Waals surface area contributed by atoms with Gasteiger partial charge in [0, 0.05) is 19.8 Å². The first-order valence-corrected chi connectivity index (χ1v) is 8.72. The molecule has 0 amide bonds. The maximum atomic E-state index is 5.39. The Bertz CT molecular complexity index is 944. The van der Waals surface area contributed by atoms with Crippen molar-refractivity contribution in [2.45, 2.75) is 13.1 Å². The summed E-state index contributed by atoms with van der Waals surface area (Å²) in [5.41, 5.74) is 1.77. The van der Waals surface area contributed by atoms with Gasteiger partial charge in [0.2, 0.25) is 5.75 Å². The van der Waals surface area contributed by atoms with E-state index < -0.39 is 0 Å². The highest BCUT2D eigenvalue weighted by atomic mass is 16.5. The molecule has 3 aromatic rings. The average molecular weight is 384 g/mol. The summed E-state index contributed by atoms with van der Waals surface area (Å²) >= 11 is 0. The van der Waals surface area contributed by atoms with Crippen molar-refractivity contribution in [1.29, 1.82) is 0 Å². The summed E-state index contributed by atoms with van der Waals surface area (Å²) in [6.45, 7) is 1.01. The molecule has 1 aromatic carbocycles. The van der Waals surface area contributed by atoms with Crippen molar-refractivity contribution >= 4 is 11.6 Å². The highest BCUT2D eigenvalue weighted by Gasteiger charge is 2.13. The topological polar surface area (TPSA) is 94.3 Å². The molecule has 3 rings (SSSR count). The van der Waals surface area contributed by atoms with Crippen molar-refractivity contribution in [3.05, 3.63) is 47.9 Å². The van der Waals surface area contributed by atoms with Crippen LogP contribution in [0.25, 0.3) is 5.65 Å². The Morgan fingerprint density at radius 2 is 1.71 bits per heavy atom. The van der Waals surface area contributed by atoms with E-state index in [4.69, 9.17) is 14.2 Å². The first kappa shape index (κ1) is 19.3. The maximum Gasteiger partial charge on any atom is 0.203 e. The van der Waals surface area contributed by atoms with Crippen LogP contribution in [-0.2, 0) is 13.1 Å². The van der Waals surface area contributed by atoms with Gasteiger partial charge < -0.3 is 24.8 Å². The van der Waals surface area contributed by atoms with Crippen LogP contribution in [0.3, 0.4) is 0 Å². The van der Waals surface area contributed by atoms with Crippen LogP contribution in [0.4, 0.5) is 0 Å². The van der Waals surface area contributed by atoms with Crippen LogP contribution in [0.1, 0.15) is 11.4 Å². The molecule has 0 unspecified atom stereocenters. The molecule has 2 heterocycles. The lowest BCUT2D eigenvalue weighted by atomic mass is 10.2. The summed E-state index contributed by atoms with van der Waals surface area (Å²) in [7, 11) is 6.49. The van der Waals surface area contributed by atoms with Gasteiger partial charge >= 0.3 is 0 Å². The normalized spacial score (nSPS) is 11.4. The van der Waals surface area contributed by atoms with E-state index in [0.717, 1.165) is 17.0 Å². The fourth-order valence-electron chi connectivity index (χ4n) is 2.82. The molecule has 0 bridgehead atoms. The van der Waals surface area contributed by atoms with Gasteiger partial charge in [-0.05, 0) is 29.8 Å². The number of guanidine groups is 1. The zero-order valence-electron chi connectivity index (χ0n) is 16.4. The third-order valence-corrected chi connectivity index (χ3v) is 4.21. The first-order valence-electron chi connectivity index (χ1n) is 8.72. The summed E-state index contributed by atoms with van der Waals surface area (Å²) in [5, 5.41) is 14.9. The SMILES string of the molecule is CN=C(NCc1cc(OC)c(OC)c(OC)c1)NCc1nnc2ccccn12. The molecule has 0 saturated heterocycles. The van der Waals surface area contributed by atoms with Crippen LogP contribution in [0.5, 0.6) is 17.2 Å². The lowest BCUT2D eigenvalue weighted by molar-refractivity contribution is 0.323. The second-order valence-electron chi connectivity index (χ2n) is 5.86. The molecule has 0 radical (unpaired) electrons. The summed E-state index contributed by atoms with van der Waals surface area (Å²) in [6.07, 6.45) is 1.93. The lowest BCUT2D eigenvalue weighted by Gasteiger charge is -2.15. The summed E-state index contributed by atoms with van der Waals surface area (Å²) in [6, 6.07) is 9.58. The smallest absolute Gasteiger partial charge is 0.203 e. The van der Waals surface area contributed by atoms with E-state index in [0.29, 0.717) is 36.3 Å². The Labute approximate surface area is 163 Å². The standard InChI is InChI=1S/C19H24N6O3/c1-20-19(22-12-17-24-23-16-7-5-6-8-25(16)17)21-11-13-9-14(26-2)18(28-4)15(10-13)27-3/h5-10H,11-12H2,1-4H3,(H2,20,21,22). The molecule has 28 heavy (non-hydrogen) atoms. The zero-order chi connectivity index (χ0) is 19.9. The molecular weight excluding hydrogens is 360 g/mol. The van der Waals surface area contributed by atoms with Crippen LogP contribution < -0.4 is 24.8 Å². The number of nitrogens with zero attached hydrogens (tertiary/aromatic N) is 4. The van der Waals surface area contributed by atoms with Crippen LogP contribution >= 0.6 is 0 Å². The maximum absolute atomic E-state index is 5.39. The monoisotopic (exact) mass is 384 g/mol. The molecule has 0 aliphatic rings. The van der Waals surface area contributed by atoms with Gasteiger partial charge in [0.05, 0.1) is 27.9 Å². The van der Waals surface area contributed by atoms with Gasteiger partial charge in [-0.15, -0.1) is 10.2 Å². The molecule has 0 aliphatic heterocycles. The van der Waals surface area contributed by atoms with E-state index in [1.165, 1.54) is 0 Å². The molecule has 148 valence electrons. The molecule has 0 aliphatic carbocycles. The minimum atomic E-state index is 0.486. The minimum absolute atomic E-state index is 0.486. The number of ether oxygens (including phenoxy) is 3. The van der Waals surface area contributed by atoms with E-state index in [2.05, 4.69) is 25.8 Å². The molecule has 0 saturated carbocycles. The van der Waals surface area contributed by atoms with Crippen LogP contribution in [0, 0.1) is 0 Å². The molecule has 0 atom stereocenters. The second kappa shape index (κ2) is 8.94. The first-order chi connectivity index (χ1) is 13.7. The second-order valence-corrected chi connectivity index (χ2v) is 5.86. The highest BCUT2D eigenvalue weighted by Crippen LogP contribution is 2.38. The van der Waals surface area contributed by atoms with E-state index >= 15 is 0 Å². The number of benzene rings is 1. The van der Waals surface area contributed by atoms with Gasteiger partial charge in [-0.1, -0.05) is 6.07 Å². The summed E-state index contributed by atoms with van der Waals surface area (Å²) < 4.78 is 18.1. The number of nitrogens with one attached hydrogen (secondary N) is 2. The third kappa shape index (κ3) is 4.08. The zero-order valence-corrected chi connectivity index (χ0v) is 16.4. The van der Waals surface area contributed by atoms with Crippen LogP contribution in [0.15, 0.2) is 41.5 Å². The van der Waals surface area contributed by atoms with Crippen molar-refractivity contribution in [2.24, 2.45) is 4.99 Å². The number of hydrogen-bond acceptors (Lipinski definition) is 6. The molecule has 0 fully saturated rings. The van der Waals surface area contributed by atoms with Crippen molar-refractivity contribution < 1.29 is 14.2 Å². The van der Waals surface area contributed by atoms with E-state index in [9.17, 15) is 0 Å². The minimum Gasteiger partial charge on any atom is -0.493 e. The van der Waals surface area contributed by atoms with Gasteiger partial charge in [0.25, 0.3) is 0 Å². The molecule has 9 nitrogen and oxygen atoms in total. The number of aromatic nitrogens is 3. The van der Waals surface area contributed by atoms with Crippen molar-refractivity contribution in [1.82, 2.24) is 25.2 Å². The number of hydrogen-bond donors (Lipinski definition) is 2. The third-order valence-electron chi connectivity index (χ3n) is 4.21. The predicted molar refractivity (Wildman–Crippen MR) is 106 cm³/mol. The van der Waals surface area contributed by atoms with Gasteiger partial charge in [-0.2, -0.15) is 0 Å². The average Bonchev–Trinajstić information content (AvgIpc) is 3.16.